The summed E-state index contributed by atoms with van der Waals surface area (Å²) in [5.41, 5.74) is 1.19. The molecule has 0 spiro atoms. The number of carbonyl (C=O) groups is 1. The summed E-state index contributed by atoms with van der Waals surface area (Å²) in [7, 11) is 0. The molecule has 1 N–H and O–H groups in total. The van der Waals surface area contributed by atoms with Gasteiger partial charge in [0.25, 0.3) is 11.6 Å². The third-order valence-electron chi connectivity index (χ3n) is 3.72. The van der Waals surface area contributed by atoms with Crippen LogP contribution in [-0.2, 0) is 0 Å². The Morgan fingerprint density at radius 2 is 1.85 bits per heavy atom. The van der Waals surface area contributed by atoms with Crippen molar-refractivity contribution >= 4 is 29.0 Å². The van der Waals surface area contributed by atoms with E-state index in [4.69, 9.17) is 0 Å². The Kier molecular flexibility index (Phi) is 5.28. The molecular weight excluding hydrogens is 350 g/mol. The van der Waals surface area contributed by atoms with Gasteiger partial charge in [0.2, 0.25) is 0 Å². The van der Waals surface area contributed by atoms with Crippen LogP contribution >= 0.6 is 11.8 Å². The fourth-order valence-electron chi connectivity index (χ4n) is 2.39. The van der Waals surface area contributed by atoms with E-state index in [1.807, 2.05) is 30.3 Å². The number of hydrogen-bond acceptors (Lipinski definition) is 5. The van der Waals surface area contributed by atoms with Crippen molar-refractivity contribution in [1.29, 1.82) is 0 Å². The molecule has 0 radical (unpaired) electrons. The van der Waals surface area contributed by atoms with Gasteiger partial charge in [0.05, 0.1) is 21.7 Å². The number of nitro benzene ring substituents is 1. The van der Waals surface area contributed by atoms with Crippen molar-refractivity contribution < 1.29 is 9.72 Å². The highest BCUT2D eigenvalue weighted by molar-refractivity contribution is 7.99. The second-order valence-electron chi connectivity index (χ2n) is 5.43. The van der Waals surface area contributed by atoms with Crippen LogP contribution < -0.4 is 5.32 Å². The van der Waals surface area contributed by atoms with E-state index in [0.717, 1.165) is 4.90 Å². The Bertz CT molecular complexity index is 961. The Morgan fingerprint density at radius 3 is 2.58 bits per heavy atom. The van der Waals surface area contributed by atoms with Gasteiger partial charge in [-0.3, -0.25) is 14.9 Å². The summed E-state index contributed by atoms with van der Waals surface area (Å²) < 4.78 is 0. The van der Waals surface area contributed by atoms with Crippen LogP contribution in [0.3, 0.4) is 0 Å². The number of aromatic nitrogens is 1. The monoisotopic (exact) mass is 365 g/mol. The molecule has 1 heterocycles. The highest BCUT2D eigenvalue weighted by Gasteiger charge is 2.18. The molecule has 2 aromatic carbocycles. The van der Waals surface area contributed by atoms with Crippen LogP contribution in [0, 0.1) is 17.0 Å². The standard InChI is InChI=1S/C19H15N3O3S/c1-13-16(10-5-11-17(13)22(24)25)21-18(23)15-9-6-12-20-19(15)26-14-7-3-2-4-8-14/h2-12H,1H3,(H,21,23). The number of nitro groups is 1. The van der Waals surface area contributed by atoms with Crippen LogP contribution in [0.25, 0.3) is 0 Å². The molecule has 3 rings (SSSR count). The second kappa shape index (κ2) is 7.79. The first-order valence-corrected chi connectivity index (χ1v) is 8.61. The molecule has 1 amide bonds. The highest BCUT2D eigenvalue weighted by Crippen LogP contribution is 2.30. The van der Waals surface area contributed by atoms with E-state index >= 15 is 0 Å². The maximum atomic E-state index is 12.7. The largest absolute Gasteiger partial charge is 0.321 e. The highest BCUT2D eigenvalue weighted by atomic mass is 32.2. The predicted octanol–water partition coefficient (Wildman–Crippen LogP) is 4.70. The number of rotatable bonds is 5. The summed E-state index contributed by atoms with van der Waals surface area (Å²) in [6.07, 6.45) is 1.63. The summed E-state index contributed by atoms with van der Waals surface area (Å²) in [5.74, 6) is -0.361. The Labute approximate surface area is 154 Å². The second-order valence-corrected chi connectivity index (χ2v) is 6.49. The van der Waals surface area contributed by atoms with E-state index in [9.17, 15) is 14.9 Å². The van der Waals surface area contributed by atoms with Gasteiger partial charge in [0, 0.05) is 17.2 Å². The summed E-state index contributed by atoms with van der Waals surface area (Å²) in [5, 5.41) is 14.4. The number of carbonyl (C=O) groups excluding carboxylic acids is 1. The Hall–Kier alpha value is -3.19. The zero-order valence-corrected chi connectivity index (χ0v) is 14.7. The average Bonchev–Trinajstić information content (AvgIpc) is 2.64. The van der Waals surface area contributed by atoms with Crippen molar-refractivity contribution in [3.05, 3.63) is 88.1 Å². The third-order valence-corrected chi connectivity index (χ3v) is 4.75. The molecule has 3 aromatic rings. The summed E-state index contributed by atoms with van der Waals surface area (Å²) in [4.78, 5) is 28.6. The molecular formula is C19H15N3O3S. The number of anilines is 1. The van der Waals surface area contributed by atoms with Gasteiger partial charge >= 0.3 is 0 Å². The minimum Gasteiger partial charge on any atom is -0.321 e. The van der Waals surface area contributed by atoms with Crippen LogP contribution in [0.4, 0.5) is 11.4 Å². The number of amides is 1. The lowest BCUT2D eigenvalue weighted by Gasteiger charge is -2.11. The summed E-state index contributed by atoms with van der Waals surface area (Å²) in [6, 6.07) is 17.6. The summed E-state index contributed by atoms with van der Waals surface area (Å²) in [6.45, 7) is 1.61. The Balaban J connectivity index is 1.88. The van der Waals surface area contributed by atoms with Crippen molar-refractivity contribution in [2.75, 3.05) is 5.32 Å². The molecule has 0 saturated carbocycles. The van der Waals surface area contributed by atoms with Gasteiger partial charge in [-0.1, -0.05) is 36.0 Å². The quantitative estimate of drug-likeness (QED) is 0.523. The molecule has 1 aromatic heterocycles. The molecule has 0 bridgehead atoms. The van der Waals surface area contributed by atoms with Crippen LogP contribution in [0.5, 0.6) is 0 Å². The van der Waals surface area contributed by atoms with Gasteiger partial charge in [-0.25, -0.2) is 4.98 Å². The van der Waals surface area contributed by atoms with Crippen LogP contribution in [-0.4, -0.2) is 15.8 Å². The zero-order chi connectivity index (χ0) is 18.5. The number of benzene rings is 2. The van der Waals surface area contributed by atoms with Crippen LogP contribution in [0.2, 0.25) is 0 Å². The fraction of sp³-hybridized carbons (Fsp3) is 0.0526. The van der Waals surface area contributed by atoms with E-state index in [2.05, 4.69) is 10.3 Å². The van der Waals surface area contributed by atoms with Gasteiger partial charge in [0.15, 0.2) is 0 Å². The minimum atomic E-state index is -0.467. The van der Waals surface area contributed by atoms with E-state index < -0.39 is 4.92 Å². The van der Waals surface area contributed by atoms with Crippen molar-refractivity contribution in [2.24, 2.45) is 0 Å². The molecule has 7 heteroatoms. The maximum Gasteiger partial charge on any atom is 0.274 e. The van der Waals surface area contributed by atoms with Gasteiger partial charge in [-0.15, -0.1) is 0 Å². The zero-order valence-electron chi connectivity index (χ0n) is 13.9. The lowest BCUT2D eigenvalue weighted by Crippen LogP contribution is -2.14. The van der Waals surface area contributed by atoms with Gasteiger partial charge in [0.1, 0.15) is 5.03 Å². The van der Waals surface area contributed by atoms with Crippen LogP contribution in [0.1, 0.15) is 15.9 Å². The van der Waals surface area contributed by atoms with Crippen molar-refractivity contribution in [3.63, 3.8) is 0 Å². The van der Waals surface area contributed by atoms with E-state index in [-0.39, 0.29) is 11.6 Å². The topological polar surface area (TPSA) is 85.1 Å². The lowest BCUT2D eigenvalue weighted by atomic mass is 10.1. The molecule has 26 heavy (non-hydrogen) atoms. The van der Waals surface area contributed by atoms with E-state index in [1.165, 1.54) is 17.8 Å². The van der Waals surface area contributed by atoms with E-state index in [1.54, 1.807) is 37.4 Å². The molecule has 0 aliphatic rings. The molecule has 0 aliphatic heterocycles. The molecule has 0 atom stereocenters. The first kappa shape index (κ1) is 17.6. The molecule has 6 nitrogen and oxygen atoms in total. The molecule has 0 unspecified atom stereocenters. The molecule has 130 valence electrons. The third kappa shape index (κ3) is 3.89. The maximum absolute atomic E-state index is 12.7. The minimum absolute atomic E-state index is 0.0344. The van der Waals surface area contributed by atoms with E-state index in [0.29, 0.717) is 21.8 Å². The van der Waals surface area contributed by atoms with Gasteiger partial charge in [-0.05, 0) is 37.3 Å². The first-order valence-electron chi connectivity index (χ1n) is 7.79. The predicted molar refractivity (Wildman–Crippen MR) is 101 cm³/mol. The van der Waals surface area contributed by atoms with Gasteiger partial charge in [-0.2, -0.15) is 0 Å². The van der Waals surface area contributed by atoms with Crippen molar-refractivity contribution in [1.82, 2.24) is 4.98 Å². The first-order chi connectivity index (χ1) is 12.6. The van der Waals surface area contributed by atoms with Crippen LogP contribution in [0.15, 0.2) is 76.8 Å². The number of hydrogen-bond donors (Lipinski definition) is 1. The molecule has 0 fully saturated rings. The summed E-state index contributed by atoms with van der Waals surface area (Å²) >= 11 is 1.39. The number of nitrogens with one attached hydrogen (secondary N) is 1. The smallest absolute Gasteiger partial charge is 0.274 e. The number of nitrogens with zero attached hydrogens (tertiary/aromatic N) is 2. The SMILES string of the molecule is Cc1c(NC(=O)c2cccnc2Sc2ccccc2)cccc1[N+](=O)[O-]. The van der Waals surface area contributed by atoms with Crippen molar-refractivity contribution in [2.45, 2.75) is 16.8 Å². The fourth-order valence-corrected chi connectivity index (χ4v) is 3.29. The Morgan fingerprint density at radius 1 is 1.08 bits per heavy atom. The molecule has 0 saturated heterocycles. The number of pyridine rings is 1. The van der Waals surface area contributed by atoms with Gasteiger partial charge < -0.3 is 5.32 Å². The molecule has 0 aliphatic carbocycles. The average molecular weight is 365 g/mol. The lowest BCUT2D eigenvalue weighted by molar-refractivity contribution is -0.385. The normalized spacial score (nSPS) is 10.3. The van der Waals surface area contributed by atoms with Crippen molar-refractivity contribution in [3.8, 4) is 0 Å².